The van der Waals surface area contributed by atoms with Gasteiger partial charge in [-0.05, 0) is 26.4 Å². The van der Waals surface area contributed by atoms with Crippen LogP contribution in [-0.2, 0) is 0 Å². The molecule has 0 N–H and O–H groups in total. The van der Waals surface area contributed by atoms with Gasteiger partial charge >= 0.3 is 0 Å². The smallest absolute Gasteiger partial charge is 0.0620 e. The summed E-state index contributed by atoms with van der Waals surface area (Å²) >= 11 is 0. The van der Waals surface area contributed by atoms with Crippen molar-refractivity contribution in [3.63, 3.8) is 0 Å². The Hall–Kier alpha value is -0.0800. The van der Waals surface area contributed by atoms with Crippen molar-refractivity contribution in [2.45, 2.75) is 219 Å². The number of rotatable bonds is 32. The summed E-state index contributed by atoms with van der Waals surface area (Å²) in [4.78, 5) is 5.45. The summed E-state index contributed by atoms with van der Waals surface area (Å²) in [5.41, 5.74) is 0. The molecule has 0 amide bonds. The molecule has 1 rings (SSSR count). The first-order chi connectivity index (χ1) is 19.8. The van der Waals surface area contributed by atoms with E-state index in [4.69, 9.17) is 0 Å². The normalized spacial score (nSPS) is 16.4. The van der Waals surface area contributed by atoms with E-state index in [-0.39, 0.29) is 0 Å². The Morgan fingerprint density at radius 2 is 0.675 bits per heavy atom. The van der Waals surface area contributed by atoms with Gasteiger partial charge in [0.15, 0.2) is 0 Å². The zero-order chi connectivity index (χ0) is 28.8. The fourth-order valence-electron chi connectivity index (χ4n) is 6.91. The molecular formula is C38H78N2. The maximum atomic E-state index is 2.81. The molecule has 0 aromatic heterocycles. The molecule has 240 valence electrons. The van der Waals surface area contributed by atoms with Gasteiger partial charge in [0.25, 0.3) is 0 Å². The van der Waals surface area contributed by atoms with E-state index >= 15 is 0 Å². The minimum Gasteiger partial charge on any atom is -0.290 e. The van der Waals surface area contributed by atoms with Crippen molar-refractivity contribution < 1.29 is 0 Å². The fourth-order valence-corrected chi connectivity index (χ4v) is 6.91. The van der Waals surface area contributed by atoms with Gasteiger partial charge in [0.2, 0.25) is 0 Å². The van der Waals surface area contributed by atoms with Crippen LogP contribution in [-0.4, -0.2) is 42.6 Å². The van der Waals surface area contributed by atoms with Crippen molar-refractivity contribution in [2.75, 3.05) is 26.7 Å². The predicted molar refractivity (Wildman–Crippen MR) is 182 cm³/mol. The topological polar surface area (TPSA) is 6.48 Å². The molecule has 0 saturated carbocycles. The van der Waals surface area contributed by atoms with Crippen molar-refractivity contribution in [2.24, 2.45) is 0 Å². The lowest BCUT2D eigenvalue weighted by molar-refractivity contribution is 0.143. The molecule has 40 heavy (non-hydrogen) atoms. The van der Waals surface area contributed by atoms with Crippen LogP contribution in [0, 0.1) is 0 Å². The van der Waals surface area contributed by atoms with Gasteiger partial charge in [0.1, 0.15) is 0 Å². The third kappa shape index (κ3) is 23.5. The van der Waals surface area contributed by atoms with Crippen LogP contribution in [0.25, 0.3) is 0 Å². The second-order valence-corrected chi connectivity index (χ2v) is 13.7. The average molecular weight is 563 g/mol. The maximum absolute atomic E-state index is 2.81. The summed E-state index contributed by atoms with van der Waals surface area (Å²) in [6.07, 6.45) is 46.0. The van der Waals surface area contributed by atoms with E-state index in [1.807, 2.05) is 0 Å². The first-order valence-electron chi connectivity index (χ1n) is 19.2. The van der Waals surface area contributed by atoms with Crippen LogP contribution in [0.2, 0.25) is 0 Å². The van der Waals surface area contributed by atoms with E-state index in [0.717, 1.165) is 6.17 Å². The van der Waals surface area contributed by atoms with Crippen molar-refractivity contribution in [3.8, 4) is 0 Å². The minimum absolute atomic E-state index is 0.730. The van der Waals surface area contributed by atoms with E-state index in [2.05, 4.69) is 30.7 Å². The highest BCUT2D eigenvalue weighted by atomic mass is 15.4. The molecule has 0 aliphatic carbocycles. The molecule has 1 unspecified atom stereocenters. The van der Waals surface area contributed by atoms with Gasteiger partial charge in [-0.2, -0.15) is 0 Å². The highest BCUT2D eigenvalue weighted by Crippen LogP contribution is 2.21. The van der Waals surface area contributed by atoms with Crippen LogP contribution < -0.4 is 0 Å². The Bertz CT molecular complexity index is 478. The first kappa shape index (κ1) is 37.9. The summed E-state index contributed by atoms with van der Waals surface area (Å²) in [5.74, 6) is 0. The average Bonchev–Trinajstić information content (AvgIpc) is 3.31. The SMILES string of the molecule is CCCCCCCCCCCCCCCCCC1N(C)CCN1CCCCCCCCCCCCCCCCC. The molecule has 1 heterocycles. The van der Waals surface area contributed by atoms with Crippen LogP contribution in [0.3, 0.4) is 0 Å². The van der Waals surface area contributed by atoms with Gasteiger partial charge in [-0.25, -0.2) is 0 Å². The molecule has 2 heteroatoms. The second-order valence-electron chi connectivity index (χ2n) is 13.7. The number of likely N-dealkylation sites (N-methyl/N-ethyl adjacent to an activating group) is 1. The van der Waals surface area contributed by atoms with E-state index in [1.54, 1.807) is 0 Å². The molecule has 0 spiro atoms. The Kier molecular flexibility index (Phi) is 28.8. The van der Waals surface area contributed by atoms with Crippen LogP contribution >= 0.6 is 0 Å². The standard InChI is InChI=1S/C38H78N2/c1-4-6-8-10-12-14-16-18-20-22-24-26-28-30-32-34-38-39(3)36-37-40(38)35-33-31-29-27-25-23-21-19-17-15-13-11-9-7-5-2/h38H,4-37H2,1-3H3. The summed E-state index contributed by atoms with van der Waals surface area (Å²) < 4.78 is 0. The summed E-state index contributed by atoms with van der Waals surface area (Å²) in [5, 5.41) is 0. The Morgan fingerprint density at radius 1 is 0.375 bits per heavy atom. The van der Waals surface area contributed by atoms with E-state index in [9.17, 15) is 0 Å². The van der Waals surface area contributed by atoms with Gasteiger partial charge in [-0.3, -0.25) is 9.80 Å². The molecule has 0 bridgehead atoms. The molecular weight excluding hydrogens is 484 g/mol. The first-order valence-corrected chi connectivity index (χ1v) is 19.2. The van der Waals surface area contributed by atoms with Gasteiger partial charge in [0, 0.05) is 13.1 Å². The quantitative estimate of drug-likeness (QED) is 0.0752. The Labute approximate surface area is 255 Å². The molecule has 1 aliphatic rings. The van der Waals surface area contributed by atoms with Crippen LogP contribution in [0.15, 0.2) is 0 Å². The lowest BCUT2D eigenvalue weighted by Crippen LogP contribution is -2.37. The zero-order valence-corrected chi connectivity index (χ0v) is 28.5. The molecule has 0 aromatic rings. The highest BCUT2D eigenvalue weighted by molar-refractivity contribution is 4.79. The second kappa shape index (κ2) is 30.4. The maximum Gasteiger partial charge on any atom is 0.0620 e. The van der Waals surface area contributed by atoms with E-state index in [0.29, 0.717) is 0 Å². The van der Waals surface area contributed by atoms with Gasteiger partial charge < -0.3 is 0 Å². The molecule has 1 atom stereocenters. The van der Waals surface area contributed by atoms with E-state index in [1.165, 1.54) is 219 Å². The fraction of sp³-hybridized carbons (Fsp3) is 1.00. The van der Waals surface area contributed by atoms with Crippen molar-refractivity contribution >= 4 is 0 Å². The van der Waals surface area contributed by atoms with Crippen LogP contribution in [0.5, 0.6) is 0 Å². The minimum atomic E-state index is 0.730. The van der Waals surface area contributed by atoms with Crippen LogP contribution in [0.1, 0.15) is 213 Å². The van der Waals surface area contributed by atoms with Gasteiger partial charge in [-0.1, -0.05) is 200 Å². The molecule has 1 fully saturated rings. The van der Waals surface area contributed by atoms with Crippen LogP contribution in [0.4, 0.5) is 0 Å². The largest absolute Gasteiger partial charge is 0.290 e. The third-order valence-corrected chi connectivity index (χ3v) is 9.78. The lowest BCUT2D eigenvalue weighted by atomic mass is 10.0. The predicted octanol–water partition coefficient (Wildman–Crippen LogP) is 12.7. The summed E-state index contributed by atoms with van der Waals surface area (Å²) in [6, 6.07) is 0. The summed E-state index contributed by atoms with van der Waals surface area (Å²) in [7, 11) is 2.36. The molecule has 0 aromatic carbocycles. The van der Waals surface area contributed by atoms with Crippen molar-refractivity contribution in [1.29, 1.82) is 0 Å². The molecule has 0 radical (unpaired) electrons. The monoisotopic (exact) mass is 563 g/mol. The third-order valence-electron chi connectivity index (χ3n) is 9.78. The summed E-state index contributed by atoms with van der Waals surface area (Å²) in [6.45, 7) is 8.54. The Balaban J connectivity index is 1.86. The number of nitrogens with zero attached hydrogens (tertiary/aromatic N) is 2. The number of hydrogen-bond donors (Lipinski definition) is 0. The molecule has 1 saturated heterocycles. The molecule has 1 aliphatic heterocycles. The number of hydrogen-bond acceptors (Lipinski definition) is 2. The van der Waals surface area contributed by atoms with Gasteiger partial charge in [-0.15, -0.1) is 0 Å². The Morgan fingerprint density at radius 3 is 1.02 bits per heavy atom. The van der Waals surface area contributed by atoms with Gasteiger partial charge in [0.05, 0.1) is 6.17 Å². The zero-order valence-electron chi connectivity index (χ0n) is 28.5. The van der Waals surface area contributed by atoms with Crippen molar-refractivity contribution in [1.82, 2.24) is 9.80 Å². The van der Waals surface area contributed by atoms with E-state index < -0.39 is 0 Å². The molecule has 2 nitrogen and oxygen atoms in total. The van der Waals surface area contributed by atoms with Crippen molar-refractivity contribution in [3.05, 3.63) is 0 Å². The highest BCUT2D eigenvalue weighted by Gasteiger charge is 2.27. The lowest BCUT2D eigenvalue weighted by Gasteiger charge is -2.28. The number of unbranched alkanes of at least 4 members (excludes halogenated alkanes) is 28.